The molecule has 4 rings (SSSR count). The lowest BCUT2D eigenvalue weighted by Crippen LogP contribution is -2.28. The summed E-state index contributed by atoms with van der Waals surface area (Å²) in [6, 6.07) is 9.67. The molecule has 0 spiro atoms. The van der Waals surface area contributed by atoms with E-state index in [1.165, 1.54) is 0 Å². The molecule has 2 aliphatic rings. The van der Waals surface area contributed by atoms with Gasteiger partial charge >= 0.3 is 0 Å². The van der Waals surface area contributed by atoms with Crippen molar-refractivity contribution < 1.29 is 4.79 Å². The molecule has 7 heteroatoms. The molecule has 24 heavy (non-hydrogen) atoms. The molecule has 1 aromatic carbocycles. The number of aromatic nitrogens is 4. The SMILES string of the molecule is C=C1C2=C(Nc3nnnn3C2c2ccccc2)C(=O)N1CCCC. The summed E-state index contributed by atoms with van der Waals surface area (Å²) in [6.45, 7) is 6.95. The lowest BCUT2D eigenvalue weighted by Gasteiger charge is -2.26. The number of unbranched alkanes of at least 4 members (excludes halogenated alkanes) is 1. The highest BCUT2D eigenvalue weighted by atomic mass is 16.2. The number of fused-ring (bicyclic) bond motifs is 1. The number of hydrogen-bond acceptors (Lipinski definition) is 5. The van der Waals surface area contributed by atoms with Crippen LogP contribution in [0.3, 0.4) is 0 Å². The molecule has 0 aliphatic carbocycles. The van der Waals surface area contributed by atoms with Crippen LogP contribution < -0.4 is 5.32 Å². The molecule has 122 valence electrons. The van der Waals surface area contributed by atoms with Crippen LogP contribution in [0.25, 0.3) is 0 Å². The number of nitrogens with one attached hydrogen (secondary N) is 1. The van der Waals surface area contributed by atoms with E-state index in [1.807, 2.05) is 30.3 Å². The third-order valence-electron chi connectivity index (χ3n) is 4.46. The fourth-order valence-corrected chi connectivity index (χ4v) is 3.26. The summed E-state index contributed by atoms with van der Waals surface area (Å²) in [6.07, 6.45) is 1.95. The van der Waals surface area contributed by atoms with Gasteiger partial charge in [0.15, 0.2) is 0 Å². The van der Waals surface area contributed by atoms with Gasteiger partial charge in [-0.1, -0.05) is 55.4 Å². The standard InChI is InChI=1S/C17H18N6O/c1-3-4-10-22-11(2)13-14(16(22)24)18-17-19-20-21-23(17)15(13)12-8-6-5-7-9-12/h5-9,15H,2-4,10H2,1H3,(H,18,19,21). The quantitative estimate of drug-likeness (QED) is 0.933. The Hall–Kier alpha value is -2.96. The number of nitrogens with zero attached hydrogens (tertiary/aromatic N) is 5. The van der Waals surface area contributed by atoms with Gasteiger partial charge in [-0.05, 0) is 22.4 Å². The first kappa shape index (κ1) is 14.6. The molecule has 0 radical (unpaired) electrons. The first-order valence-electron chi connectivity index (χ1n) is 8.07. The van der Waals surface area contributed by atoms with Crippen LogP contribution in [0.4, 0.5) is 5.95 Å². The predicted octanol–water partition coefficient (Wildman–Crippen LogP) is 2.10. The topological polar surface area (TPSA) is 75.9 Å². The summed E-state index contributed by atoms with van der Waals surface area (Å²) in [4.78, 5) is 14.6. The minimum atomic E-state index is -0.254. The van der Waals surface area contributed by atoms with E-state index in [-0.39, 0.29) is 11.9 Å². The molecule has 1 aromatic heterocycles. The average Bonchev–Trinajstić information content (AvgIpc) is 3.16. The van der Waals surface area contributed by atoms with E-state index < -0.39 is 0 Å². The molecule has 1 amide bonds. The lowest BCUT2D eigenvalue weighted by molar-refractivity contribution is -0.124. The Bertz CT molecular complexity index is 838. The van der Waals surface area contributed by atoms with Crippen LogP contribution in [0.5, 0.6) is 0 Å². The zero-order valence-electron chi connectivity index (χ0n) is 13.4. The van der Waals surface area contributed by atoms with Crippen molar-refractivity contribution in [3.05, 3.63) is 59.4 Å². The van der Waals surface area contributed by atoms with Crippen LogP contribution in [0.15, 0.2) is 53.9 Å². The fourth-order valence-electron chi connectivity index (χ4n) is 3.26. The van der Waals surface area contributed by atoms with Crippen molar-refractivity contribution >= 4 is 11.9 Å². The van der Waals surface area contributed by atoms with E-state index >= 15 is 0 Å². The molecule has 2 aromatic rings. The van der Waals surface area contributed by atoms with Crippen molar-refractivity contribution in [2.75, 3.05) is 11.9 Å². The van der Waals surface area contributed by atoms with Gasteiger partial charge in [0.1, 0.15) is 11.7 Å². The van der Waals surface area contributed by atoms with Gasteiger partial charge in [0.2, 0.25) is 5.95 Å². The van der Waals surface area contributed by atoms with Crippen molar-refractivity contribution in [2.45, 2.75) is 25.8 Å². The Morgan fingerprint density at radius 3 is 2.83 bits per heavy atom. The van der Waals surface area contributed by atoms with Crippen molar-refractivity contribution in [1.82, 2.24) is 25.1 Å². The van der Waals surface area contributed by atoms with Gasteiger partial charge in [-0.3, -0.25) is 4.79 Å². The first-order valence-corrected chi connectivity index (χ1v) is 8.07. The molecule has 0 bridgehead atoms. The highest BCUT2D eigenvalue weighted by molar-refractivity contribution is 6.03. The molecular weight excluding hydrogens is 304 g/mol. The molecule has 1 N–H and O–H groups in total. The third-order valence-corrected chi connectivity index (χ3v) is 4.46. The molecular formula is C17H18N6O. The van der Waals surface area contributed by atoms with Crippen LogP contribution >= 0.6 is 0 Å². The van der Waals surface area contributed by atoms with E-state index in [2.05, 4.69) is 34.3 Å². The second-order valence-corrected chi connectivity index (χ2v) is 5.93. The third kappa shape index (κ3) is 2.05. The Kier molecular flexibility index (Phi) is 3.41. The lowest BCUT2D eigenvalue weighted by atomic mass is 9.95. The molecule has 0 fully saturated rings. The first-order chi connectivity index (χ1) is 11.7. The van der Waals surface area contributed by atoms with Gasteiger partial charge in [0.25, 0.3) is 5.91 Å². The Morgan fingerprint density at radius 1 is 1.29 bits per heavy atom. The predicted molar refractivity (Wildman–Crippen MR) is 88.8 cm³/mol. The molecule has 3 heterocycles. The average molecular weight is 322 g/mol. The number of allylic oxidation sites excluding steroid dienone is 1. The van der Waals surface area contributed by atoms with E-state index in [0.29, 0.717) is 18.2 Å². The molecule has 0 saturated carbocycles. The van der Waals surface area contributed by atoms with Crippen LogP contribution in [0.2, 0.25) is 0 Å². The number of rotatable bonds is 4. The van der Waals surface area contributed by atoms with Gasteiger partial charge in [-0.25, -0.2) is 0 Å². The summed E-state index contributed by atoms with van der Waals surface area (Å²) in [5.74, 6) is 0.416. The number of hydrogen-bond donors (Lipinski definition) is 1. The van der Waals surface area contributed by atoms with Gasteiger partial charge in [0, 0.05) is 17.8 Å². The molecule has 2 aliphatic heterocycles. The van der Waals surface area contributed by atoms with E-state index in [9.17, 15) is 4.79 Å². The van der Waals surface area contributed by atoms with Crippen molar-refractivity contribution in [2.24, 2.45) is 0 Å². The van der Waals surface area contributed by atoms with Crippen LogP contribution in [0.1, 0.15) is 31.4 Å². The Balaban J connectivity index is 1.82. The highest BCUT2D eigenvalue weighted by Crippen LogP contribution is 2.43. The highest BCUT2D eigenvalue weighted by Gasteiger charge is 2.43. The minimum Gasteiger partial charge on any atom is -0.318 e. The summed E-state index contributed by atoms with van der Waals surface area (Å²) >= 11 is 0. The monoisotopic (exact) mass is 322 g/mol. The van der Waals surface area contributed by atoms with Crippen molar-refractivity contribution in [1.29, 1.82) is 0 Å². The van der Waals surface area contributed by atoms with Gasteiger partial charge < -0.3 is 10.2 Å². The maximum absolute atomic E-state index is 12.8. The number of amides is 1. The molecule has 1 unspecified atom stereocenters. The number of benzene rings is 1. The number of anilines is 1. The fraction of sp³-hybridized carbons (Fsp3) is 0.294. The maximum atomic E-state index is 12.8. The smallest absolute Gasteiger partial charge is 0.275 e. The summed E-state index contributed by atoms with van der Waals surface area (Å²) < 4.78 is 1.70. The number of tetrazole rings is 1. The molecule has 7 nitrogen and oxygen atoms in total. The van der Waals surface area contributed by atoms with Crippen LogP contribution in [-0.2, 0) is 4.79 Å². The summed E-state index contributed by atoms with van der Waals surface area (Å²) in [5, 5.41) is 14.9. The van der Waals surface area contributed by atoms with Gasteiger partial charge in [-0.2, -0.15) is 4.68 Å². The number of carbonyl (C=O) groups is 1. The summed E-state index contributed by atoms with van der Waals surface area (Å²) in [5.41, 5.74) is 3.13. The Morgan fingerprint density at radius 2 is 2.08 bits per heavy atom. The summed E-state index contributed by atoms with van der Waals surface area (Å²) in [7, 11) is 0. The molecule has 0 saturated heterocycles. The normalized spacial score (nSPS) is 19.4. The second-order valence-electron chi connectivity index (χ2n) is 5.93. The second kappa shape index (κ2) is 5.59. The van der Waals surface area contributed by atoms with Gasteiger partial charge in [0.05, 0.1) is 0 Å². The maximum Gasteiger partial charge on any atom is 0.275 e. The van der Waals surface area contributed by atoms with Gasteiger partial charge in [-0.15, -0.1) is 0 Å². The van der Waals surface area contributed by atoms with E-state index in [0.717, 1.165) is 29.7 Å². The zero-order valence-corrected chi connectivity index (χ0v) is 13.4. The minimum absolute atomic E-state index is 0.0568. The van der Waals surface area contributed by atoms with Crippen molar-refractivity contribution in [3.63, 3.8) is 0 Å². The number of carbonyl (C=O) groups excluding carboxylic acids is 1. The Labute approximate surface area is 139 Å². The van der Waals surface area contributed by atoms with E-state index in [1.54, 1.807) is 9.58 Å². The van der Waals surface area contributed by atoms with Crippen LogP contribution in [0, 0.1) is 0 Å². The van der Waals surface area contributed by atoms with E-state index in [4.69, 9.17) is 0 Å². The zero-order chi connectivity index (χ0) is 16.7. The van der Waals surface area contributed by atoms with Crippen molar-refractivity contribution in [3.8, 4) is 0 Å². The largest absolute Gasteiger partial charge is 0.318 e. The van der Waals surface area contributed by atoms with Crippen LogP contribution in [-0.4, -0.2) is 37.6 Å². The molecule has 1 atom stereocenters.